The molecule has 2 aromatic heterocycles. The lowest BCUT2D eigenvalue weighted by Crippen LogP contribution is -2.38. The third kappa shape index (κ3) is 5.85. The maximum Gasteiger partial charge on any atom is 0.191 e. The molecule has 3 rings (SSSR count). The minimum Gasteiger partial charge on any atom is -0.497 e. The van der Waals surface area contributed by atoms with E-state index < -0.39 is 0 Å². The summed E-state index contributed by atoms with van der Waals surface area (Å²) in [6.07, 6.45) is 4.96. The van der Waals surface area contributed by atoms with Crippen LogP contribution in [0.5, 0.6) is 5.75 Å². The molecule has 0 atom stereocenters. The van der Waals surface area contributed by atoms with Crippen LogP contribution in [0.3, 0.4) is 0 Å². The number of imidazole rings is 1. The van der Waals surface area contributed by atoms with E-state index >= 15 is 0 Å². The molecule has 0 bridgehead atoms. The van der Waals surface area contributed by atoms with E-state index in [9.17, 15) is 0 Å². The van der Waals surface area contributed by atoms with Gasteiger partial charge in [0.2, 0.25) is 0 Å². The van der Waals surface area contributed by atoms with Gasteiger partial charge in [-0.15, -0.1) is 24.0 Å². The number of aromatic nitrogens is 2. The SMILES string of the molecule is CCNC(=NCc1ccc(OC)cc1)NCCc1cn2cccc(C)c2n1.I. The number of pyridine rings is 1. The van der Waals surface area contributed by atoms with Gasteiger partial charge in [-0.1, -0.05) is 18.2 Å². The van der Waals surface area contributed by atoms with Gasteiger partial charge < -0.3 is 19.8 Å². The van der Waals surface area contributed by atoms with Crippen LogP contribution in [0, 0.1) is 6.92 Å². The van der Waals surface area contributed by atoms with E-state index in [0.29, 0.717) is 6.54 Å². The van der Waals surface area contributed by atoms with Gasteiger partial charge in [-0.25, -0.2) is 9.98 Å². The predicted molar refractivity (Wildman–Crippen MR) is 125 cm³/mol. The Bertz CT molecular complexity index is 905. The van der Waals surface area contributed by atoms with E-state index in [1.807, 2.05) is 36.5 Å². The molecule has 1 aromatic carbocycles. The van der Waals surface area contributed by atoms with Gasteiger partial charge >= 0.3 is 0 Å². The van der Waals surface area contributed by atoms with Crippen LogP contribution in [-0.2, 0) is 13.0 Å². The molecule has 150 valence electrons. The van der Waals surface area contributed by atoms with Gasteiger partial charge in [0.1, 0.15) is 11.4 Å². The summed E-state index contributed by atoms with van der Waals surface area (Å²) >= 11 is 0. The Morgan fingerprint density at radius 2 is 1.96 bits per heavy atom. The highest BCUT2D eigenvalue weighted by atomic mass is 127. The number of fused-ring (bicyclic) bond motifs is 1. The van der Waals surface area contributed by atoms with E-state index in [2.05, 4.69) is 46.1 Å². The quantitative estimate of drug-likeness (QED) is 0.300. The topological polar surface area (TPSA) is 63.0 Å². The first kappa shape index (κ1) is 22.0. The lowest BCUT2D eigenvalue weighted by Gasteiger charge is -2.10. The molecule has 0 fully saturated rings. The van der Waals surface area contributed by atoms with E-state index in [4.69, 9.17) is 9.72 Å². The zero-order chi connectivity index (χ0) is 19.1. The summed E-state index contributed by atoms with van der Waals surface area (Å²) in [5, 5.41) is 6.67. The molecule has 0 radical (unpaired) electrons. The highest BCUT2D eigenvalue weighted by Gasteiger charge is 2.04. The summed E-state index contributed by atoms with van der Waals surface area (Å²) in [6.45, 7) is 6.36. The Balaban J connectivity index is 0.00000280. The molecule has 0 aliphatic carbocycles. The summed E-state index contributed by atoms with van der Waals surface area (Å²) in [7, 11) is 1.67. The van der Waals surface area contributed by atoms with Crippen LogP contribution in [0.4, 0.5) is 0 Å². The van der Waals surface area contributed by atoms with Gasteiger partial charge in [0.05, 0.1) is 19.3 Å². The minimum absolute atomic E-state index is 0. The van der Waals surface area contributed by atoms with Crippen molar-refractivity contribution < 1.29 is 4.74 Å². The van der Waals surface area contributed by atoms with Crippen molar-refractivity contribution in [2.75, 3.05) is 20.2 Å². The second-order valence-electron chi connectivity index (χ2n) is 6.37. The Labute approximate surface area is 183 Å². The van der Waals surface area contributed by atoms with E-state index in [0.717, 1.165) is 48.1 Å². The molecule has 3 aromatic rings. The normalized spacial score (nSPS) is 11.2. The summed E-state index contributed by atoms with van der Waals surface area (Å²) in [6, 6.07) is 12.1. The van der Waals surface area contributed by atoms with Crippen molar-refractivity contribution >= 4 is 35.6 Å². The highest BCUT2D eigenvalue weighted by molar-refractivity contribution is 14.0. The number of ether oxygens (including phenoxy) is 1. The lowest BCUT2D eigenvalue weighted by atomic mass is 10.2. The smallest absolute Gasteiger partial charge is 0.191 e. The average Bonchev–Trinajstić information content (AvgIpc) is 3.11. The van der Waals surface area contributed by atoms with Crippen LogP contribution >= 0.6 is 24.0 Å². The number of benzene rings is 1. The summed E-state index contributed by atoms with van der Waals surface area (Å²) in [5.41, 5.74) is 4.42. The number of hydrogen-bond acceptors (Lipinski definition) is 3. The lowest BCUT2D eigenvalue weighted by molar-refractivity contribution is 0.414. The molecule has 6 nitrogen and oxygen atoms in total. The second kappa shape index (κ2) is 10.9. The number of nitrogens with zero attached hydrogens (tertiary/aromatic N) is 3. The van der Waals surface area contributed by atoms with E-state index in [1.165, 1.54) is 5.56 Å². The zero-order valence-corrected chi connectivity index (χ0v) is 18.9. The molecule has 0 spiro atoms. The first-order valence-corrected chi connectivity index (χ1v) is 9.28. The molecule has 0 saturated carbocycles. The summed E-state index contributed by atoms with van der Waals surface area (Å²) < 4.78 is 7.27. The van der Waals surface area contributed by atoms with Crippen molar-refractivity contribution in [1.29, 1.82) is 0 Å². The van der Waals surface area contributed by atoms with Gasteiger partial charge in [-0.2, -0.15) is 0 Å². The number of aliphatic imine (C=N–C) groups is 1. The Morgan fingerprint density at radius 3 is 2.64 bits per heavy atom. The summed E-state index contributed by atoms with van der Waals surface area (Å²) in [5.74, 6) is 1.67. The number of guanidine groups is 1. The van der Waals surface area contributed by atoms with E-state index in [1.54, 1.807) is 7.11 Å². The van der Waals surface area contributed by atoms with Gasteiger partial charge in [-0.3, -0.25) is 0 Å². The van der Waals surface area contributed by atoms with Gasteiger partial charge in [-0.05, 0) is 43.2 Å². The number of rotatable bonds is 7. The molecule has 0 amide bonds. The fourth-order valence-electron chi connectivity index (χ4n) is 2.88. The van der Waals surface area contributed by atoms with Crippen LogP contribution in [0.1, 0.15) is 23.7 Å². The molecule has 28 heavy (non-hydrogen) atoms. The van der Waals surface area contributed by atoms with Crippen molar-refractivity contribution in [3.63, 3.8) is 0 Å². The third-order valence-corrected chi connectivity index (χ3v) is 4.32. The first-order valence-electron chi connectivity index (χ1n) is 9.28. The number of aryl methyl sites for hydroxylation is 1. The first-order chi connectivity index (χ1) is 13.2. The van der Waals surface area contributed by atoms with Gasteiger partial charge in [0.25, 0.3) is 0 Å². The largest absolute Gasteiger partial charge is 0.497 e. The Kier molecular flexibility index (Phi) is 8.56. The van der Waals surface area contributed by atoms with Crippen molar-refractivity contribution in [3.05, 3.63) is 65.6 Å². The van der Waals surface area contributed by atoms with Crippen molar-refractivity contribution in [1.82, 2.24) is 20.0 Å². The van der Waals surface area contributed by atoms with Crippen molar-refractivity contribution in [2.45, 2.75) is 26.8 Å². The summed E-state index contributed by atoms with van der Waals surface area (Å²) in [4.78, 5) is 9.37. The second-order valence-corrected chi connectivity index (χ2v) is 6.37. The van der Waals surface area contributed by atoms with E-state index in [-0.39, 0.29) is 24.0 Å². The van der Waals surface area contributed by atoms with Crippen molar-refractivity contribution in [3.8, 4) is 5.75 Å². The molecule has 0 unspecified atom stereocenters. The fourth-order valence-corrected chi connectivity index (χ4v) is 2.88. The van der Waals surface area contributed by atoms with Crippen LogP contribution in [0.15, 0.2) is 53.8 Å². The van der Waals surface area contributed by atoms with Crippen LogP contribution in [-0.4, -0.2) is 35.5 Å². The van der Waals surface area contributed by atoms with Crippen molar-refractivity contribution in [2.24, 2.45) is 4.99 Å². The molecule has 2 N–H and O–H groups in total. The molecule has 0 saturated heterocycles. The Morgan fingerprint density at radius 1 is 1.18 bits per heavy atom. The molecule has 0 aliphatic rings. The standard InChI is InChI=1S/C21H27N5O.HI/c1-4-22-21(24-14-17-7-9-19(27-3)10-8-17)23-12-11-18-15-26-13-5-6-16(2)20(26)25-18;/h5-10,13,15H,4,11-12,14H2,1-3H3,(H2,22,23,24);1H. The molecule has 7 heteroatoms. The zero-order valence-electron chi connectivity index (χ0n) is 16.6. The Hall–Kier alpha value is -2.29. The molecular weight excluding hydrogens is 465 g/mol. The number of hydrogen-bond donors (Lipinski definition) is 2. The van der Waals surface area contributed by atoms with Gasteiger partial charge in [0, 0.05) is 31.9 Å². The number of halogens is 1. The average molecular weight is 493 g/mol. The minimum atomic E-state index is 0. The number of nitrogens with one attached hydrogen (secondary N) is 2. The maximum absolute atomic E-state index is 5.19. The highest BCUT2D eigenvalue weighted by Crippen LogP contribution is 2.12. The van der Waals surface area contributed by atoms with Crippen LogP contribution < -0.4 is 15.4 Å². The fraction of sp³-hybridized carbons (Fsp3) is 0.333. The van der Waals surface area contributed by atoms with Gasteiger partial charge in [0.15, 0.2) is 5.96 Å². The molecule has 0 aliphatic heterocycles. The third-order valence-electron chi connectivity index (χ3n) is 4.32. The maximum atomic E-state index is 5.19. The molecule has 2 heterocycles. The number of methoxy groups -OCH3 is 1. The monoisotopic (exact) mass is 493 g/mol. The van der Waals surface area contributed by atoms with Crippen LogP contribution in [0.25, 0.3) is 5.65 Å². The molecular formula is C21H28IN5O. The predicted octanol–water partition coefficient (Wildman–Crippen LogP) is 3.57. The van der Waals surface area contributed by atoms with Crippen LogP contribution in [0.2, 0.25) is 0 Å².